The fourth-order valence-corrected chi connectivity index (χ4v) is 3.68. The molecule has 0 aliphatic carbocycles. The van der Waals surface area contributed by atoms with Crippen LogP contribution in [0.2, 0.25) is 0 Å². The van der Waals surface area contributed by atoms with Crippen LogP contribution < -0.4 is 20.5 Å². The number of pyridine rings is 1. The van der Waals surface area contributed by atoms with E-state index in [2.05, 4.69) is 25.5 Å². The highest BCUT2D eigenvalue weighted by Crippen LogP contribution is 2.38. The molecule has 1 amide bonds. The van der Waals surface area contributed by atoms with Crippen LogP contribution in [0.1, 0.15) is 15.9 Å². The summed E-state index contributed by atoms with van der Waals surface area (Å²) in [6.07, 6.45) is 9.24. The van der Waals surface area contributed by atoms with Crippen molar-refractivity contribution >= 4 is 17.2 Å². The number of aryl methyl sites for hydroxylation is 1. The number of ether oxygens (including phenoxy) is 2. The summed E-state index contributed by atoms with van der Waals surface area (Å²) in [5.41, 5.74) is 7.63. The third-order valence-electron chi connectivity index (χ3n) is 5.26. The molecule has 0 atom stereocenters. The topological polar surface area (TPSA) is 134 Å². The van der Waals surface area contributed by atoms with Gasteiger partial charge >= 0.3 is 6.61 Å². The second-order valence-electron chi connectivity index (χ2n) is 7.84. The van der Waals surface area contributed by atoms with Crippen molar-refractivity contribution < 1.29 is 23.0 Å². The van der Waals surface area contributed by atoms with E-state index in [1.165, 1.54) is 39.8 Å². The Labute approximate surface area is 208 Å². The number of benzene rings is 1. The van der Waals surface area contributed by atoms with Crippen LogP contribution in [-0.4, -0.2) is 41.9 Å². The predicted octanol–water partition coefficient (Wildman–Crippen LogP) is 3.63. The van der Waals surface area contributed by atoms with Gasteiger partial charge in [-0.25, -0.2) is 9.50 Å². The van der Waals surface area contributed by atoms with Crippen molar-refractivity contribution in [3.63, 3.8) is 0 Å². The summed E-state index contributed by atoms with van der Waals surface area (Å²) < 4.78 is 39.9. The van der Waals surface area contributed by atoms with Crippen LogP contribution in [0.3, 0.4) is 0 Å². The van der Waals surface area contributed by atoms with Gasteiger partial charge < -0.3 is 20.5 Å². The molecule has 0 aliphatic heterocycles. The standard InChI is InChI=1S/C24H20F2N8O3/c1-33-13-19(31-23(35)18-12-30-34-6-2-5-29-22(18)34)21(32-33)17-8-15(3-4-20(17)37-24(25)26)36-16-7-14(9-27)10-28-11-16/h2-8,10-13,24H,9,27H2,1H3,(H,31,35). The van der Waals surface area contributed by atoms with Crippen molar-refractivity contribution in [3.8, 4) is 28.5 Å². The molecule has 3 N–H and O–H groups in total. The van der Waals surface area contributed by atoms with Gasteiger partial charge in [-0.05, 0) is 35.9 Å². The second-order valence-corrected chi connectivity index (χ2v) is 7.84. The van der Waals surface area contributed by atoms with E-state index >= 15 is 0 Å². The summed E-state index contributed by atoms with van der Waals surface area (Å²) in [5.74, 6) is 0.0632. The molecule has 5 aromatic rings. The first-order valence-electron chi connectivity index (χ1n) is 11.0. The van der Waals surface area contributed by atoms with E-state index in [0.717, 1.165) is 5.56 Å². The number of anilines is 1. The van der Waals surface area contributed by atoms with Crippen LogP contribution >= 0.6 is 0 Å². The molecule has 5 rings (SSSR count). The molecule has 4 aromatic heterocycles. The Bertz CT molecular complexity index is 1580. The number of amides is 1. The van der Waals surface area contributed by atoms with Crippen molar-refractivity contribution in [3.05, 3.63) is 78.6 Å². The average Bonchev–Trinajstić information content (AvgIpc) is 3.48. The van der Waals surface area contributed by atoms with Gasteiger partial charge in [0.05, 0.1) is 23.6 Å². The van der Waals surface area contributed by atoms with Gasteiger partial charge in [0.1, 0.15) is 28.5 Å². The maximum Gasteiger partial charge on any atom is 0.387 e. The molecular formula is C24H20F2N8O3. The summed E-state index contributed by atoms with van der Waals surface area (Å²) in [5, 5.41) is 11.3. The van der Waals surface area contributed by atoms with E-state index in [-0.39, 0.29) is 34.8 Å². The van der Waals surface area contributed by atoms with Gasteiger partial charge in [0, 0.05) is 38.4 Å². The largest absolute Gasteiger partial charge is 0.456 e. The smallest absolute Gasteiger partial charge is 0.387 e. The first-order valence-corrected chi connectivity index (χ1v) is 11.0. The van der Waals surface area contributed by atoms with Crippen LogP contribution in [0.5, 0.6) is 17.2 Å². The van der Waals surface area contributed by atoms with Crippen molar-refractivity contribution in [1.29, 1.82) is 0 Å². The number of carbonyl (C=O) groups excluding carboxylic acids is 1. The Kier molecular flexibility index (Phi) is 6.43. The first-order chi connectivity index (χ1) is 17.9. The summed E-state index contributed by atoms with van der Waals surface area (Å²) in [7, 11) is 1.63. The third kappa shape index (κ3) is 5.06. The highest BCUT2D eigenvalue weighted by molar-refractivity contribution is 6.09. The fourth-order valence-electron chi connectivity index (χ4n) is 3.68. The van der Waals surface area contributed by atoms with E-state index in [1.54, 1.807) is 44.0 Å². The quantitative estimate of drug-likeness (QED) is 0.326. The molecule has 0 saturated heterocycles. The summed E-state index contributed by atoms with van der Waals surface area (Å²) >= 11 is 0. The lowest BCUT2D eigenvalue weighted by Gasteiger charge is -2.13. The van der Waals surface area contributed by atoms with Crippen LogP contribution in [0.15, 0.2) is 67.5 Å². The van der Waals surface area contributed by atoms with E-state index in [9.17, 15) is 13.6 Å². The number of fused-ring (bicyclic) bond motifs is 1. The van der Waals surface area contributed by atoms with Gasteiger partial charge in [-0.1, -0.05) is 0 Å². The predicted molar refractivity (Wildman–Crippen MR) is 128 cm³/mol. The molecule has 1 aromatic carbocycles. The minimum atomic E-state index is -3.08. The van der Waals surface area contributed by atoms with Gasteiger partial charge in [0.2, 0.25) is 0 Å². The summed E-state index contributed by atoms with van der Waals surface area (Å²) in [6, 6.07) is 7.70. The van der Waals surface area contributed by atoms with E-state index in [4.69, 9.17) is 15.2 Å². The number of hydrogen-bond donors (Lipinski definition) is 2. The molecule has 37 heavy (non-hydrogen) atoms. The first kappa shape index (κ1) is 23.8. The molecule has 0 unspecified atom stereocenters. The number of aromatic nitrogens is 6. The highest BCUT2D eigenvalue weighted by Gasteiger charge is 2.22. The number of nitrogens with two attached hydrogens (primary N) is 1. The summed E-state index contributed by atoms with van der Waals surface area (Å²) in [4.78, 5) is 21.3. The van der Waals surface area contributed by atoms with Crippen LogP contribution in [-0.2, 0) is 13.6 Å². The maximum absolute atomic E-state index is 13.2. The fraction of sp³-hybridized carbons (Fsp3) is 0.125. The number of carbonyl (C=O) groups is 1. The zero-order valence-corrected chi connectivity index (χ0v) is 19.4. The Morgan fingerprint density at radius 1 is 1.19 bits per heavy atom. The zero-order valence-electron chi connectivity index (χ0n) is 19.4. The van der Waals surface area contributed by atoms with Crippen molar-refractivity contribution in [2.75, 3.05) is 5.32 Å². The molecule has 0 saturated carbocycles. The molecular weight excluding hydrogens is 486 g/mol. The molecule has 0 aliphatic rings. The molecule has 13 heteroatoms. The molecule has 0 fully saturated rings. The monoisotopic (exact) mass is 506 g/mol. The lowest BCUT2D eigenvalue weighted by Crippen LogP contribution is -2.12. The van der Waals surface area contributed by atoms with Crippen molar-refractivity contribution in [2.24, 2.45) is 12.8 Å². The summed E-state index contributed by atoms with van der Waals surface area (Å²) in [6.45, 7) is -2.81. The number of halogens is 2. The number of nitrogens with one attached hydrogen (secondary N) is 1. The number of nitrogens with zero attached hydrogens (tertiary/aromatic N) is 6. The average molecular weight is 506 g/mol. The Morgan fingerprint density at radius 3 is 2.86 bits per heavy atom. The third-order valence-corrected chi connectivity index (χ3v) is 5.26. The number of alkyl halides is 2. The Balaban J connectivity index is 1.51. The second kappa shape index (κ2) is 9.99. The normalized spacial score (nSPS) is 11.2. The number of rotatable bonds is 8. The van der Waals surface area contributed by atoms with Gasteiger partial charge in [-0.15, -0.1) is 0 Å². The van der Waals surface area contributed by atoms with Gasteiger partial charge in [0.25, 0.3) is 5.91 Å². The molecule has 0 radical (unpaired) electrons. The molecule has 4 heterocycles. The SMILES string of the molecule is Cn1cc(NC(=O)c2cnn3cccnc23)c(-c2cc(Oc3cncc(CN)c3)ccc2OC(F)F)n1. The zero-order chi connectivity index (χ0) is 25.9. The molecule has 11 nitrogen and oxygen atoms in total. The van der Waals surface area contributed by atoms with Gasteiger partial charge in [-0.2, -0.15) is 19.0 Å². The van der Waals surface area contributed by atoms with Crippen LogP contribution in [0.25, 0.3) is 16.9 Å². The Hall–Kier alpha value is -4.91. The minimum absolute atomic E-state index is 0.150. The van der Waals surface area contributed by atoms with Gasteiger partial charge in [0.15, 0.2) is 5.65 Å². The van der Waals surface area contributed by atoms with Crippen LogP contribution in [0, 0.1) is 0 Å². The van der Waals surface area contributed by atoms with Crippen LogP contribution in [0.4, 0.5) is 14.5 Å². The highest BCUT2D eigenvalue weighted by atomic mass is 19.3. The molecule has 188 valence electrons. The van der Waals surface area contributed by atoms with E-state index in [0.29, 0.717) is 17.1 Å². The lowest BCUT2D eigenvalue weighted by atomic mass is 10.1. The number of hydrogen-bond acceptors (Lipinski definition) is 8. The van der Waals surface area contributed by atoms with Crippen molar-refractivity contribution in [1.82, 2.24) is 29.4 Å². The van der Waals surface area contributed by atoms with Gasteiger partial charge in [-0.3, -0.25) is 14.5 Å². The van der Waals surface area contributed by atoms with E-state index < -0.39 is 12.5 Å². The van der Waals surface area contributed by atoms with E-state index in [1.807, 2.05) is 0 Å². The molecule has 0 spiro atoms. The molecule has 0 bridgehead atoms. The minimum Gasteiger partial charge on any atom is -0.456 e. The lowest BCUT2D eigenvalue weighted by molar-refractivity contribution is -0.0494. The van der Waals surface area contributed by atoms with Crippen molar-refractivity contribution in [2.45, 2.75) is 13.2 Å². The Morgan fingerprint density at radius 2 is 2.05 bits per heavy atom. The maximum atomic E-state index is 13.2.